The zero-order chi connectivity index (χ0) is 13.3. The number of pyridine rings is 1. The average Bonchev–Trinajstić information content (AvgIpc) is 2.46. The van der Waals surface area contributed by atoms with E-state index < -0.39 is 0 Å². The molecule has 1 aromatic rings. The second-order valence-electron chi connectivity index (χ2n) is 5.20. The lowest BCUT2D eigenvalue weighted by Gasteiger charge is -2.22. The summed E-state index contributed by atoms with van der Waals surface area (Å²) in [4.78, 5) is 15.8. The summed E-state index contributed by atoms with van der Waals surface area (Å²) in [7, 11) is 0. The Morgan fingerprint density at radius 1 is 1.32 bits per heavy atom. The molecule has 4 heteroatoms. The van der Waals surface area contributed by atoms with E-state index in [-0.39, 0.29) is 6.03 Å². The third-order valence-electron chi connectivity index (χ3n) is 3.59. The SMILES string of the molecule is O=C(NCCCc1cccnc1)NC1CCCCC1. The van der Waals surface area contributed by atoms with E-state index in [0.717, 1.165) is 25.7 Å². The summed E-state index contributed by atoms with van der Waals surface area (Å²) in [6.45, 7) is 0.716. The maximum atomic E-state index is 11.7. The molecule has 1 heterocycles. The molecule has 1 aliphatic rings. The average molecular weight is 261 g/mol. The van der Waals surface area contributed by atoms with Crippen LogP contribution in [0.2, 0.25) is 0 Å². The van der Waals surface area contributed by atoms with Crippen molar-refractivity contribution in [1.29, 1.82) is 0 Å². The third-order valence-corrected chi connectivity index (χ3v) is 3.59. The van der Waals surface area contributed by atoms with E-state index in [9.17, 15) is 4.79 Å². The molecular weight excluding hydrogens is 238 g/mol. The summed E-state index contributed by atoms with van der Waals surface area (Å²) in [5.74, 6) is 0. The van der Waals surface area contributed by atoms with Crippen LogP contribution in [0.3, 0.4) is 0 Å². The number of nitrogens with zero attached hydrogens (tertiary/aromatic N) is 1. The highest BCUT2D eigenvalue weighted by atomic mass is 16.2. The van der Waals surface area contributed by atoms with Crippen LogP contribution in [-0.2, 0) is 6.42 Å². The Kier molecular flexibility index (Phi) is 5.66. The summed E-state index contributed by atoms with van der Waals surface area (Å²) in [6, 6.07) is 4.37. The fraction of sp³-hybridized carbons (Fsp3) is 0.600. The first-order valence-corrected chi connectivity index (χ1v) is 7.28. The highest BCUT2D eigenvalue weighted by molar-refractivity contribution is 5.74. The van der Waals surface area contributed by atoms with Gasteiger partial charge in [-0.05, 0) is 37.3 Å². The van der Waals surface area contributed by atoms with Gasteiger partial charge < -0.3 is 10.6 Å². The summed E-state index contributed by atoms with van der Waals surface area (Å²) in [6.07, 6.45) is 11.6. The van der Waals surface area contributed by atoms with Crippen molar-refractivity contribution in [2.24, 2.45) is 0 Å². The molecule has 1 aliphatic carbocycles. The topological polar surface area (TPSA) is 54.0 Å². The Morgan fingerprint density at radius 2 is 2.16 bits per heavy atom. The summed E-state index contributed by atoms with van der Waals surface area (Å²) in [5.41, 5.74) is 1.22. The molecule has 2 amide bonds. The van der Waals surface area contributed by atoms with Crippen LogP contribution in [0, 0.1) is 0 Å². The molecule has 0 unspecified atom stereocenters. The number of hydrogen-bond acceptors (Lipinski definition) is 2. The molecule has 0 spiro atoms. The van der Waals surface area contributed by atoms with Crippen molar-refractivity contribution >= 4 is 6.03 Å². The van der Waals surface area contributed by atoms with Crippen molar-refractivity contribution in [3.05, 3.63) is 30.1 Å². The Bertz CT molecular complexity index is 374. The van der Waals surface area contributed by atoms with Gasteiger partial charge in [0.2, 0.25) is 0 Å². The van der Waals surface area contributed by atoms with Gasteiger partial charge in [0.05, 0.1) is 0 Å². The number of carbonyl (C=O) groups excluding carboxylic acids is 1. The number of rotatable bonds is 5. The molecule has 2 rings (SSSR count). The largest absolute Gasteiger partial charge is 0.338 e. The van der Waals surface area contributed by atoms with Gasteiger partial charge >= 0.3 is 6.03 Å². The van der Waals surface area contributed by atoms with Crippen LogP contribution in [0.5, 0.6) is 0 Å². The van der Waals surface area contributed by atoms with E-state index in [4.69, 9.17) is 0 Å². The van der Waals surface area contributed by atoms with E-state index in [1.54, 1.807) is 6.20 Å². The van der Waals surface area contributed by atoms with Gasteiger partial charge in [-0.15, -0.1) is 0 Å². The Balaban J connectivity index is 1.56. The van der Waals surface area contributed by atoms with Gasteiger partial charge in [-0.25, -0.2) is 4.79 Å². The Hall–Kier alpha value is -1.58. The Labute approximate surface area is 115 Å². The molecule has 4 nitrogen and oxygen atoms in total. The van der Waals surface area contributed by atoms with Crippen LogP contribution in [0.15, 0.2) is 24.5 Å². The van der Waals surface area contributed by atoms with Gasteiger partial charge in [-0.3, -0.25) is 4.98 Å². The van der Waals surface area contributed by atoms with E-state index in [0.29, 0.717) is 12.6 Å². The van der Waals surface area contributed by atoms with Gasteiger partial charge in [0.25, 0.3) is 0 Å². The van der Waals surface area contributed by atoms with Gasteiger partial charge in [-0.2, -0.15) is 0 Å². The van der Waals surface area contributed by atoms with Crippen molar-refractivity contribution in [2.75, 3.05) is 6.54 Å². The molecular formula is C15H23N3O. The smallest absolute Gasteiger partial charge is 0.315 e. The number of hydrogen-bond donors (Lipinski definition) is 2. The predicted octanol–water partition coefficient (Wildman–Crippen LogP) is 2.65. The highest BCUT2D eigenvalue weighted by Crippen LogP contribution is 2.17. The van der Waals surface area contributed by atoms with Crippen LogP contribution in [-0.4, -0.2) is 23.6 Å². The van der Waals surface area contributed by atoms with E-state index in [2.05, 4.69) is 21.7 Å². The standard InChI is InChI=1S/C15H23N3O/c19-15(18-14-8-2-1-3-9-14)17-11-5-7-13-6-4-10-16-12-13/h4,6,10,12,14H,1-3,5,7-9,11H2,(H2,17,18,19). The first-order valence-electron chi connectivity index (χ1n) is 7.28. The highest BCUT2D eigenvalue weighted by Gasteiger charge is 2.14. The number of carbonyl (C=O) groups is 1. The molecule has 2 N–H and O–H groups in total. The molecule has 0 aliphatic heterocycles. The zero-order valence-electron chi connectivity index (χ0n) is 11.4. The minimum absolute atomic E-state index is 0.0157. The summed E-state index contributed by atoms with van der Waals surface area (Å²) in [5, 5.41) is 5.98. The fourth-order valence-corrected chi connectivity index (χ4v) is 2.52. The van der Waals surface area contributed by atoms with Crippen LogP contribution in [0.4, 0.5) is 4.79 Å². The molecule has 0 bridgehead atoms. The van der Waals surface area contributed by atoms with Crippen LogP contribution >= 0.6 is 0 Å². The van der Waals surface area contributed by atoms with Crippen molar-refractivity contribution in [2.45, 2.75) is 51.0 Å². The predicted molar refractivity (Wildman–Crippen MR) is 76.0 cm³/mol. The normalized spacial score (nSPS) is 16.0. The third kappa shape index (κ3) is 5.28. The lowest BCUT2D eigenvalue weighted by molar-refractivity contribution is 0.232. The number of urea groups is 1. The van der Waals surface area contributed by atoms with Gasteiger partial charge in [0.1, 0.15) is 0 Å². The number of aryl methyl sites for hydroxylation is 1. The van der Waals surface area contributed by atoms with Crippen LogP contribution < -0.4 is 10.6 Å². The second kappa shape index (κ2) is 7.77. The van der Waals surface area contributed by atoms with Crippen molar-refractivity contribution < 1.29 is 4.79 Å². The maximum absolute atomic E-state index is 11.7. The molecule has 1 saturated carbocycles. The van der Waals surface area contributed by atoms with E-state index in [1.807, 2.05) is 12.3 Å². The zero-order valence-corrected chi connectivity index (χ0v) is 11.4. The fourth-order valence-electron chi connectivity index (χ4n) is 2.52. The van der Waals surface area contributed by atoms with Gasteiger partial charge in [-0.1, -0.05) is 25.3 Å². The molecule has 1 aromatic heterocycles. The number of amides is 2. The van der Waals surface area contributed by atoms with Gasteiger partial charge in [0.15, 0.2) is 0 Å². The quantitative estimate of drug-likeness (QED) is 0.801. The maximum Gasteiger partial charge on any atom is 0.315 e. The molecule has 1 fully saturated rings. The van der Waals surface area contributed by atoms with Crippen molar-refractivity contribution in [3.8, 4) is 0 Å². The van der Waals surface area contributed by atoms with Crippen molar-refractivity contribution in [1.82, 2.24) is 15.6 Å². The molecule has 0 saturated heterocycles. The number of nitrogens with one attached hydrogen (secondary N) is 2. The first-order chi connectivity index (χ1) is 9.34. The first kappa shape index (κ1) is 13.8. The van der Waals surface area contributed by atoms with E-state index in [1.165, 1.54) is 24.8 Å². The summed E-state index contributed by atoms with van der Waals surface area (Å²) >= 11 is 0. The lowest BCUT2D eigenvalue weighted by Crippen LogP contribution is -2.43. The molecule has 19 heavy (non-hydrogen) atoms. The van der Waals surface area contributed by atoms with Crippen molar-refractivity contribution in [3.63, 3.8) is 0 Å². The van der Waals surface area contributed by atoms with E-state index >= 15 is 0 Å². The monoisotopic (exact) mass is 261 g/mol. The summed E-state index contributed by atoms with van der Waals surface area (Å²) < 4.78 is 0. The van der Waals surface area contributed by atoms with Gasteiger partial charge in [0, 0.05) is 25.0 Å². The lowest BCUT2D eigenvalue weighted by atomic mass is 9.96. The molecule has 0 radical (unpaired) electrons. The Morgan fingerprint density at radius 3 is 2.89 bits per heavy atom. The molecule has 0 aromatic carbocycles. The second-order valence-corrected chi connectivity index (χ2v) is 5.20. The van der Waals surface area contributed by atoms with Crippen LogP contribution in [0.1, 0.15) is 44.1 Å². The van der Waals surface area contributed by atoms with Crippen LogP contribution in [0.25, 0.3) is 0 Å². The minimum Gasteiger partial charge on any atom is -0.338 e. The number of aromatic nitrogens is 1. The molecule has 104 valence electrons. The minimum atomic E-state index is -0.0157. The molecule has 0 atom stereocenters.